The van der Waals surface area contributed by atoms with Gasteiger partial charge in [-0.3, -0.25) is 0 Å². The number of sulfonamides is 1. The lowest BCUT2D eigenvalue weighted by Gasteiger charge is -2.16. The van der Waals surface area contributed by atoms with Gasteiger partial charge in [-0.2, -0.15) is 13.2 Å². The number of ether oxygens (including phenoxy) is 1. The smallest absolute Gasteiger partial charge is 0.417 e. The van der Waals surface area contributed by atoms with Crippen molar-refractivity contribution in [2.75, 3.05) is 6.61 Å². The summed E-state index contributed by atoms with van der Waals surface area (Å²) in [6.07, 6.45) is -4.29. The highest BCUT2D eigenvalue weighted by Crippen LogP contribution is 2.36. The summed E-state index contributed by atoms with van der Waals surface area (Å²) in [5.41, 5.74) is 0.289. The van der Waals surface area contributed by atoms with Gasteiger partial charge in [0.15, 0.2) is 6.61 Å². The highest BCUT2D eigenvalue weighted by molar-refractivity contribution is 9.10. The summed E-state index contributed by atoms with van der Waals surface area (Å²) >= 11 is 3.27. The Hall–Kier alpha value is -2.11. The maximum Gasteiger partial charge on any atom is 0.417 e. The summed E-state index contributed by atoms with van der Waals surface area (Å²) < 4.78 is 72.8. The Balaban J connectivity index is 1.81. The molecular formula is C18H15BrF3NO5S. The van der Waals surface area contributed by atoms with E-state index in [4.69, 9.17) is 9.84 Å². The average Bonchev–Trinajstić information content (AvgIpc) is 2.99. The number of carbonyl (C=O) groups is 1. The van der Waals surface area contributed by atoms with E-state index in [1.165, 1.54) is 6.07 Å². The maximum absolute atomic E-state index is 13.2. The van der Waals surface area contributed by atoms with E-state index in [1.54, 1.807) is 12.1 Å². The van der Waals surface area contributed by atoms with E-state index in [1.807, 2.05) is 0 Å². The molecule has 2 aromatic carbocycles. The fourth-order valence-corrected chi connectivity index (χ4v) is 5.14. The quantitative estimate of drug-likeness (QED) is 0.643. The molecule has 2 aromatic rings. The van der Waals surface area contributed by atoms with Crippen LogP contribution in [0.4, 0.5) is 13.2 Å². The molecule has 0 aliphatic heterocycles. The van der Waals surface area contributed by atoms with Crippen molar-refractivity contribution >= 4 is 31.9 Å². The van der Waals surface area contributed by atoms with Crippen LogP contribution in [0.1, 0.15) is 16.7 Å². The summed E-state index contributed by atoms with van der Waals surface area (Å²) in [6, 6.07) is 6.64. The fourth-order valence-electron chi connectivity index (χ4n) is 3.17. The van der Waals surface area contributed by atoms with Gasteiger partial charge in [0.25, 0.3) is 0 Å². The molecule has 1 aliphatic rings. The van der Waals surface area contributed by atoms with Gasteiger partial charge in [-0.15, -0.1) is 0 Å². The molecule has 29 heavy (non-hydrogen) atoms. The van der Waals surface area contributed by atoms with Crippen LogP contribution in [-0.2, 0) is 33.8 Å². The monoisotopic (exact) mass is 493 g/mol. The molecule has 0 saturated heterocycles. The summed E-state index contributed by atoms with van der Waals surface area (Å²) in [6.45, 7) is -0.540. The first-order valence-corrected chi connectivity index (χ1v) is 10.6. The molecular weight excluding hydrogens is 479 g/mol. The van der Waals surface area contributed by atoms with Gasteiger partial charge in [0.2, 0.25) is 10.0 Å². The lowest BCUT2D eigenvalue weighted by Crippen LogP contribution is -2.36. The fraction of sp³-hybridized carbons (Fsp3) is 0.278. The van der Waals surface area contributed by atoms with Crippen molar-refractivity contribution in [3.8, 4) is 5.75 Å². The Kier molecular flexibility index (Phi) is 5.93. The Labute approximate surface area is 172 Å². The number of fused-ring (bicyclic) bond motifs is 1. The molecule has 0 amide bonds. The van der Waals surface area contributed by atoms with E-state index in [0.717, 1.165) is 29.3 Å². The normalized spacial score (nSPS) is 16.5. The van der Waals surface area contributed by atoms with Crippen molar-refractivity contribution in [2.45, 2.75) is 30.0 Å². The van der Waals surface area contributed by atoms with Crippen LogP contribution in [0, 0.1) is 0 Å². The van der Waals surface area contributed by atoms with Crippen LogP contribution < -0.4 is 9.46 Å². The van der Waals surface area contributed by atoms with Gasteiger partial charge in [0.05, 0.1) is 14.9 Å². The van der Waals surface area contributed by atoms with Gasteiger partial charge in [-0.1, -0.05) is 12.1 Å². The third kappa shape index (κ3) is 4.90. The van der Waals surface area contributed by atoms with E-state index < -0.39 is 45.3 Å². The predicted molar refractivity (Wildman–Crippen MR) is 100 cm³/mol. The summed E-state index contributed by atoms with van der Waals surface area (Å²) in [7, 11) is -4.41. The van der Waals surface area contributed by atoms with Gasteiger partial charge in [0, 0.05) is 6.04 Å². The molecule has 1 unspecified atom stereocenters. The number of hydrogen-bond donors (Lipinski definition) is 2. The molecule has 1 aliphatic carbocycles. The molecule has 0 fully saturated rings. The van der Waals surface area contributed by atoms with Crippen LogP contribution in [0.2, 0.25) is 0 Å². The number of alkyl halides is 3. The van der Waals surface area contributed by atoms with Gasteiger partial charge >= 0.3 is 12.1 Å². The molecule has 2 N–H and O–H groups in total. The van der Waals surface area contributed by atoms with E-state index >= 15 is 0 Å². The van der Waals surface area contributed by atoms with Gasteiger partial charge < -0.3 is 9.84 Å². The molecule has 0 radical (unpaired) electrons. The average molecular weight is 494 g/mol. The van der Waals surface area contributed by atoms with Crippen LogP contribution in [0.5, 0.6) is 5.75 Å². The highest BCUT2D eigenvalue weighted by atomic mass is 79.9. The standard InChI is InChI=1S/C18H15BrF3NO5S/c19-14-7-10-5-12(6-11(10)8-15(14)28-9-17(24)25)23-29(26,27)16-4-2-1-3-13(16)18(20,21)22/h1-4,7-8,12,23H,5-6,9H2,(H,24,25). The predicted octanol–water partition coefficient (Wildman–Crippen LogP) is 3.38. The summed E-state index contributed by atoms with van der Waals surface area (Å²) in [5.74, 6) is -0.858. The van der Waals surface area contributed by atoms with E-state index in [9.17, 15) is 26.4 Å². The van der Waals surface area contributed by atoms with Crippen LogP contribution in [0.15, 0.2) is 45.8 Å². The molecule has 0 spiro atoms. The van der Waals surface area contributed by atoms with E-state index in [-0.39, 0.29) is 18.6 Å². The second kappa shape index (κ2) is 7.96. The second-order valence-corrected chi connectivity index (χ2v) is 8.99. The molecule has 0 saturated carbocycles. The van der Waals surface area contributed by atoms with Crippen LogP contribution in [0.25, 0.3) is 0 Å². The maximum atomic E-state index is 13.2. The Bertz CT molecular complexity index is 1060. The first-order chi connectivity index (χ1) is 13.5. The lowest BCUT2D eigenvalue weighted by molar-refractivity contribution is -0.140. The van der Waals surface area contributed by atoms with Gasteiger partial charge in [-0.05, 0) is 64.2 Å². The minimum absolute atomic E-state index is 0.236. The molecule has 0 heterocycles. The zero-order chi connectivity index (χ0) is 21.4. The van der Waals surface area contributed by atoms with Crippen LogP contribution in [-0.4, -0.2) is 32.1 Å². The Morgan fingerprint density at radius 3 is 2.45 bits per heavy atom. The third-order valence-electron chi connectivity index (χ3n) is 4.34. The summed E-state index contributed by atoms with van der Waals surface area (Å²) in [4.78, 5) is 9.84. The number of carboxylic acids is 1. The molecule has 0 aromatic heterocycles. The first kappa shape index (κ1) is 21.6. The van der Waals surface area contributed by atoms with Crippen LogP contribution in [0.3, 0.4) is 0 Å². The minimum atomic E-state index is -4.80. The van der Waals surface area contributed by atoms with Crippen molar-refractivity contribution < 1.29 is 36.2 Å². The topological polar surface area (TPSA) is 92.7 Å². The zero-order valence-corrected chi connectivity index (χ0v) is 17.1. The van der Waals surface area contributed by atoms with Crippen molar-refractivity contribution in [2.24, 2.45) is 0 Å². The van der Waals surface area contributed by atoms with Gasteiger partial charge in [0.1, 0.15) is 5.75 Å². The SMILES string of the molecule is O=C(O)COc1cc2c(cc1Br)CC(NS(=O)(=O)c1ccccc1C(F)(F)F)C2. The summed E-state index contributed by atoms with van der Waals surface area (Å²) in [5, 5.41) is 8.72. The van der Waals surface area contributed by atoms with Crippen LogP contribution >= 0.6 is 15.9 Å². The molecule has 3 rings (SSSR count). The lowest BCUT2D eigenvalue weighted by atomic mass is 10.1. The number of carboxylic acid groups (broad SMARTS) is 1. The molecule has 11 heteroatoms. The Morgan fingerprint density at radius 1 is 1.21 bits per heavy atom. The van der Waals surface area contributed by atoms with Crippen molar-refractivity contribution in [1.29, 1.82) is 0 Å². The second-order valence-electron chi connectivity index (χ2n) is 6.45. The van der Waals surface area contributed by atoms with Gasteiger partial charge in [-0.25, -0.2) is 17.9 Å². The number of halogens is 4. The largest absolute Gasteiger partial charge is 0.481 e. The highest BCUT2D eigenvalue weighted by Gasteiger charge is 2.38. The molecule has 6 nitrogen and oxygen atoms in total. The number of aliphatic carboxylic acids is 1. The molecule has 0 bridgehead atoms. The first-order valence-electron chi connectivity index (χ1n) is 8.32. The Morgan fingerprint density at radius 2 is 1.83 bits per heavy atom. The zero-order valence-electron chi connectivity index (χ0n) is 14.7. The van der Waals surface area contributed by atoms with Crippen molar-refractivity contribution in [3.05, 3.63) is 57.6 Å². The number of hydrogen-bond acceptors (Lipinski definition) is 4. The minimum Gasteiger partial charge on any atom is -0.481 e. The third-order valence-corrected chi connectivity index (χ3v) is 6.54. The van der Waals surface area contributed by atoms with E-state index in [2.05, 4.69) is 20.7 Å². The number of benzene rings is 2. The number of rotatable bonds is 6. The van der Waals surface area contributed by atoms with Crippen molar-refractivity contribution in [3.63, 3.8) is 0 Å². The van der Waals surface area contributed by atoms with E-state index in [0.29, 0.717) is 4.47 Å². The number of nitrogens with one attached hydrogen (secondary N) is 1. The van der Waals surface area contributed by atoms with Crippen molar-refractivity contribution in [1.82, 2.24) is 4.72 Å². The molecule has 156 valence electrons. The molecule has 1 atom stereocenters.